The molecule has 2 aliphatic heterocycles. The van der Waals surface area contributed by atoms with Gasteiger partial charge in [0.05, 0.1) is 48.8 Å². The Kier molecular flexibility index (Phi) is 7.68. The summed E-state index contributed by atoms with van der Waals surface area (Å²) in [6.45, 7) is 2.25. The molecular formula is C37H29N3O5S. The highest BCUT2D eigenvalue weighted by Gasteiger charge is 2.38. The maximum atomic E-state index is 14.6. The van der Waals surface area contributed by atoms with Crippen molar-refractivity contribution in [2.24, 2.45) is 4.99 Å². The molecule has 228 valence electrons. The second-order valence-corrected chi connectivity index (χ2v) is 11.8. The summed E-state index contributed by atoms with van der Waals surface area (Å²) in [6, 6.07) is 33.0. The van der Waals surface area contributed by atoms with Crippen LogP contribution in [0.5, 0.6) is 5.75 Å². The Morgan fingerprint density at radius 2 is 1.54 bits per heavy atom. The van der Waals surface area contributed by atoms with E-state index in [2.05, 4.69) is 0 Å². The first-order chi connectivity index (χ1) is 22.5. The van der Waals surface area contributed by atoms with Gasteiger partial charge in [0.2, 0.25) is 0 Å². The number of carbonyl (C=O) groups excluding carboxylic acids is 2. The number of benzene rings is 4. The number of hydrogen-bond acceptors (Lipinski definition) is 7. The summed E-state index contributed by atoms with van der Waals surface area (Å²) >= 11 is 1.15. The van der Waals surface area contributed by atoms with Gasteiger partial charge in [-0.1, -0.05) is 102 Å². The van der Waals surface area contributed by atoms with Crippen LogP contribution in [0, 0.1) is 0 Å². The van der Waals surface area contributed by atoms with Crippen LogP contribution in [0.4, 0.5) is 5.69 Å². The Hall–Kier alpha value is -5.54. The minimum Gasteiger partial charge on any atom is -0.497 e. The summed E-state index contributed by atoms with van der Waals surface area (Å²) in [6.07, 6.45) is 0. The van der Waals surface area contributed by atoms with E-state index in [1.807, 2.05) is 97.1 Å². The first-order valence-corrected chi connectivity index (χ1v) is 15.7. The van der Waals surface area contributed by atoms with Gasteiger partial charge >= 0.3 is 5.97 Å². The van der Waals surface area contributed by atoms with E-state index >= 15 is 0 Å². The van der Waals surface area contributed by atoms with E-state index in [1.54, 1.807) is 31.1 Å². The van der Waals surface area contributed by atoms with Crippen LogP contribution in [-0.2, 0) is 20.9 Å². The van der Waals surface area contributed by atoms with Crippen molar-refractivity contribution in [1.29, 1.82) is 0 Å². The molecule has 1 aromatic heterocycles. The molecule has 3 heterocycles. The van der Waals surface area contributed by atoms with E-state index in [1.165, 1.54) is 4.57 Å². The number of rotatable bonds is 7. The number of fused-ring (bicyclic) bond motifs is 2. The predicted molar refractivity (Wildman–Crippen MR) is 177 cm³/mol. The third-order valence-electron chi connectivity index (χ3n) is 8.11. The summed E-state index contributed by atoms with van der Waals surface area (Å²) in [7, 11) is 1.58. The standard InChI is InChI=1S/C37H29N3O5S/c1-3-45-36(43)30-31(24-14-8-5-9-15-24)38-37-40(32(30)25-18-20-26(44-2)21-19-25)35(42)33(46-37)29-27-16-10-11-17-28(27)39(34(29)41)22-23-12-6-4-7-13-23/h4-21,32H,3,22H2,1-2H3/b33-29-/t32-/m0/s1. The fraction of sp³-hybridized carbons (Fsp3) is 0.135. The topological polar surface area (TPSA) is 90.2 Å². The van der Waals surface area contributed by atoms with Crippen molar-refractivity contribution >= 4 is 40.2 Å². The fourth-order valence-corrected chi connectivity index (χ4v) is 7.11. The third kappa shape index (κ3) is 4.95. The molecule has 4 aromatic carbocycles. The SMILES string of the molecule is CCOC(=O)C1=C(c2ccccc2)N=c2s/c(=C3\C(=O)N(Cc4ccccc4)c4ccccc43)c(=O)n2[C@H]1c1ccc(OC)cc1. The molecule has 0 saturated heterocycles. The largest absolute Gasteiger partial charge is 0.497 e. The van der Waals surface area contributed by atoms with Crippen LogP contribution < -0.4 is 24.5 Å². The van der Waals surface area contributed by atoms with Crippen molar-refractivity contribution in [3.8, 4) is 5.75 Å². The van der Waals surface area contributed by atoms with E-state index in [4.69, 9.17) is 14.5 Å². The van der Waals surface area contributed by atoms with Crippen molar-refractivity contribution in [2.45, 2.75) is 19.5 Å². The van der Waals surface area contributed by atoms with E-state index < -0.39 is 17.6 Å². The summed E-state index contributed by atoms with van der Waals surface area (Å²) in [4.78, 5) is 49.6. The lowest BCUT2D eigenvalue weighted by molar-refractivity contribution is -0.138. The normalized spacial score (nSPS) is 16.5. The molecule has 9 heteroatoms. The Morgan fingerprint density at radius 3 is 2.24 bits per heavy atom. The molecule has 1 amide bonds. The highest BCUT2D eigenvalue weighted by molar-refractivity contribution is 7.07. The van der Waals surface area contributed by atoms with E-state index in [0.29, 0.717) is 45.1 Å². The van der Waals surface area contributed by atoms with Crippen LogP contribution in [-0.4, -0.2) is 30.2 Å². The molecule has 0 saturated carbocycles. The number of carbonyl (C=O) groups is 2. The average molecular weight is 628 g/mol. The number of hydrogen-bond donors (Lipinski definition) is 0. The van der Waals surface area contributed by atoms with Crippen molar-refractivity contribution in [3.05, 3.63) is 157 Å². The molecule has 0 N–H and O–H groups in total. The molecule has 0 bridgehead atoms. The van der Waals surface area contributed by atoms with Crippen molar-refractivity contribution in [1.82, 2.24) is 4.57 Å². The zero-order valence-electron chi connectivity index (χ0n) is 25.2. The van der Waals surface area contributed by atoms with E-state index in [-0.39, 0.29) is 22.6 Å². The minimum absolute atomic E-state index is 0.150. The summed E-state index contributed by atoms with van der Waals surface area (Å²) < 4.78 is 12.7. The summed E-state index contributed by atoms with van der Waals surface area (Å²) in [5.74, 6) is -0.195. The van der Waals surface area contributed by atoms with Crippen LogP contribution in [0.25, 0.3) is 11.3 Å². The molecule has 2 aliphatic rings. The molecule has 7 rings (SSSR count). The number of thiazole rings is 1. The number of esters is 1. The molecule has 0 fully saturated rings. The number of ether oxygens (including phenoxy) is 2. The fourth-order valence-electron chi connectivity index (χ4n) is 6.01. The third-order valence-corrected chi connectivity index (χ3v) is 9.17. The first-order valence-electron chi connectivity index (χ1n) is 14.9. The van der Waals surface area contributed by atoms with Gasteiger partial charge in [-0.05, 0) is 36.2 Å². The molecule has 46 heavy (non-hydrogen) atoms. The lowest BCUT2D eigenvalue weighted by Gasteiger charge is -2.26. The predicted octanol–water partition coefficient (Wildman–Crippen LogP) is 4.86. The van der Waals surface area contributed by atoms with Gasteiger partial charge in [0, 0.05) is 11.1 Å². The molecule has 0 spiro atoms. The van der Waals surface area contributed by atoms with Gasteiger partial charge in [0.25, 0.3) is 11.5 Å². The number of anilines is 1. The Morgan fingerprint density at radius 1 is 0.870 bits per heavy atom. The number of para-hydroxylation sites is 1. The molecule has 0 aliphatic carbocycles. The molecule has 8 nitrogen and oxygen atoms in total. The Balaban J connectivity index is 1.50. The van der Waals surface area contributed by atoms with Crippen LogP contribution in [0.15, 0.2) is 125 Å². The van der Waals surface area contributed by atoms with Gasteiger partial charge < -0.3 is 14.4 Å². The quantitative estimate of drug-likeness (QED) is 0.241. The molecular weight excluding hydrogens is 598 g/mol. The highest BCUT2D eigenvalue weighted by atomic mass is 32.1. The monoisotopic (exact) mass is 627 g/mol. The van der Waals surface area contributed by atoms with Crippen LogP contribution in [0.2, 0.25) is 0 Å². The van der Waals surface area contributed by atoms with Crippen LogP contribution in [0.3, 0.4) is 0 Å². The van der Waals surface area contributed by atoms with Gasteiger partial charge in [0.1, 0.15) is 10.3 Å². The number of methoxy groups -OCH3 is 1. The van der Waals surface area contributed by atoms with Crippen LogP contribution in [0.1, 0.15) is 35.2 Å². The van der Waals surface area contributed by atoms with Crippen molar-refractivity contribution in [3.63, 3.8) is 0 Å². The van der Waals surface area contributed by atoms with Gasteiger partial charge in [0.15, 0.2) is 4.80 Å². The van der Waals surface area contributed by atoms with Crippen molar-refractivity contribution < 1.29 is 19.1 Å². The number of nitrogens with zero attached hydrogens (tertiary/aromatic N) is 3. The summed E-state index contributed by atoms with van der Waals surface area (Å²) in [5, 5.41) is 0. The minimum atomic E-state index is -0.863. The lowest BCUT2D eigenvalue weighted by atomic mass is 9.93. The number of aromatic nitrogens is 1. The lowest BCUT2D eigenvalue weighted by Crippen LogP contribution is -2.41. The zero-order valence-corrected chi connectivity index (χ0v) is 26.0. The molecule has 5 aromatic rings. The molecule has 0 unspecified atom stereocenters. The van der Waals surface area contributed by atoms with Crippen LogP contribution >= 0.6 is 11.3 Å². The Bertz CT molecular complexity index is 2190. The van der Waals surface area contributed by atoms with E-state index in [0.717, 1.165) is 22.6 Å². The highest BCUT2D eigenvalue weighted by Crippen LogP contribution is 2.38. The maximum absolute atomic E-state index is 14.6. The molecule has 1 atom stereocenters. The average Bonchev–Trinajstić information content (AvgIpc) is 3.56. The van der Waals surface area contributed by atoms with Gasteiger partial charge in [-0.15, -0.1) is 0 Å². The maximum Gasteiger partial charge on any atom is 0.338 e. The second-order valence-electron chi connectivity index (χ2n) is 10.8. The number of amides is 1. The van der Waals surface area contributed by atoms with Gasteiger partial charge in [-0.2, -0.15) is 0 Å². The summed E-state index contributed by atoms with van der Waals surface area (Å²) in [5.41, 5.74) is 4.36. The second kappa shape index (κ2) is 12.1. The van der Waals surface area contributed by atoms with Gasteiger partial charge in [-0.25, -0.2) is 9.79 Å². The zero-order chi connectivity index (χ0) is 31.8. The first kappa shape index (κ1) is 29.2. The van der Waals surface area contributed by atoms with E-state index in [9.17, 15) is 14.4 Å². The van der Waals surface area contributed by atoms with Gasteiger partial charge in [-0.3, -0.25) is 14.2 Å². The van der Waals surface area contributed by atoms with Crippen molar-refractivity contribution in [2.75, 3.05) is 18.6 Å². The smallest absolute Gasteiger partial charge is 0.338 e. The molecule has 0 radical (unpaired) electrons. The Labute approximate surface area is 268 Å².